The van der Waals surface area contributed by atoms with E-state index in [9.17, 15) is 0 Å². The van der Waals surface area contributed by atoms with E-state index in [4.69, 9.17) is 0 Å². The first kappa shape index (κ1) is 15.9. The summed E-state index contributed by atoms with van der Waals surface area (Å²) in [6.45, 7) is 6.42. The molecule has 27 heavy (non-hydrogen) atoms. The third-order valence-electron chi connectivity index (χ3n) is 5.12. The van der Waals surface area contributed by atoms with Gasteiger partial charge in [-0.3, -0.25) is 0 Å². The standard InChI is InChI=1S/C19H20N8/c1-2-25-13-24-16-18(25)22-12-23-19(16)27-9-7-26(8-10-27)17-14-5-3-4-6-15(14)20-11-21-17/h3-6,11-13H,2,7-10H2,1H3. The zero-order chi connectivity index (χ0) is 18.2. The Morgan fingerprint density at radius 3 is 2.33 bits per heavy atom. The van der Waals surface area contributed by atoms with E-state index < -0.39 is 0 Å². The maximum atomic E-state index is 4.55. The lowest BCUT2D eigenvalue weighted by Gasteiger charge is -2.36. The van der Waals surface area contributed by atoms with Gasteiger partial charge in [-0.15, -0.1) is 0 Å². The number of imidazole rings is 1. The Balaban J connectivity index is 1.41. The number of fused-ring (bicyclic) bond motifs is 2. The monoisotopic (exact) mass is 360 g/mol. The zero-order valence-electron chi connectivity index (χ0n) is 15.2. The SMILES string of the molecule is CCn1cnc2c(N3CCN(c4ncnc5ccccc45)CC3)ncnc21. The third kappa shape index (κ3) is 2.64. The largest absolute Gasteiger partial charge is 0.352 e. The van der Waals surface area contributed by atoms with Gasteiger partial charge in [0.15, 0.2) is 17.0 Å². The number of aromatic nitrogens is 6. The summed E-state index contributed by atoms with van der Waals surface area (Å²) in [5.74, 6) is 1.92. The Labute approximate surface area is 156 Å². The van der Waals surface area contributed by atoms with E-state index in [2.05, 4.69) is 47.7 Å². The highest BCUT2D eigenvalue weighted by molar-refractivity contribution is 5.89. The number of para-hydroxylation sites is 1. The van der Waals surface area contributed by atoms with Crippen molar-refractivity contribution < 1.29 is 0 Å². The molecular formula is C19H20N8. The molecule has 5 rings (SSSR count). The zero-order valence-corrected chi connectivity index (χ0v) is 15.2. The molecule has 1 aliphatic heterocycles. The van der Waals surface area contributed by atoms with Crippen molar-refractivity contribution in [1.82, 2.24) is 29.5 Å². The first-order valence-electron chi connectivity index (χ1n) is 9.20. The number of benzene rings is 1. The van der Waals surface area contributed by atoms with Crippen LogP contribution >= 0.6 is 0 Å². The van der Waals surface area contributed by atoms with Crippen LogP contribution in [0.3, 0.4) is 0 Å². The summed E-state index contributed by atoms with van der Waals surface area (Å²) in [5, 5.41) is 1.10. The molecule has 0 atom stereocenters. The predicted molar refractivity (Wildman–Crippen MR) is 105 cm³/mol. The molecule has 8 heteroatoms. The summed E-state index contributed by atoms with van der Waals surface area (Å²) in [6.07, 6.45) is 5.12. The first-order chi connectivity index (χ1) is 13.3. The molecule has 4 heterocycles. The van der Waals surface area contributed by atoms with E-state index >= 15 is 0 Å². The van der Waals surface area contributed by atoms with E-state index in [0.29, 0.717) is 0 Å². The van der Waals surface area contributed by atoms with Crippen molar-refractivity contribution in [1.29, 1.82) is 0 Å². The lowest BCUT2D eigenvalue weighted by molar-refractivity contribution is 0.644. The van der Waals surface area contributed by atoms with Crippen molar-refractivity contribution in [2.45, 2.75) is 13.5 Å². The van der Waals surface area contributed by atoms with Gasteiger partial charge in [-0.1, -0.05) is 12.1 Å². The summed E-state index contributed by atoms with van der Waals surface area (Å²) in [6, 6.07) is 8.15. The third-order valence-corrected chi connectivity index (χ3v) is 5.12. The molecule has 1 fully saturated rings. The lowest BCUT2D eigenvalue weighted by Crippen LogP contribution is -2.47. The average Bonchev–Trinajstić information content (AvgIpc) is 3.17. The van der Waals surface area contributed by atoms with Crippen molar-refractivity contribution in [3.63, 3.8) is 0 Å². The fraction of sp³-hybridized carbons (Fsp3) is 0.316. The second-order valence-corrected chi connectivity index (χ2v) is 6.59. The van der Waals surface area contributed by atoms with Gasteiger partial charge in [0.2, 0.25) is 0 Å². The van der Waals surface area contributed by atoms with Crippen molar-refractivity contribution >= 4 is 33.7 Å². The highest BCUT2D eigenvalue weighted by Crippen LogP contribution is 2.26. The molecule has 0 aliphatic carbocycles. The summed E-state index contributed by atoms with van der Waals surface area (Å²) in [5.41, 5.74) is 2.75. The van der Waals surface area contributed by atoms with Crippen molar-refractivity contribution in [3.05, 3.63) is 43.2 Å². The minimum absolute atomic E-state index is 0.849. The van der Waals surface area contributed by atoms with E-state index in [0.717, 1.165) is 66.4 Å². The van der Waals surface area contributed by atoms with E-state index in [1.54, 1.807) is 12.7 Å². The van der Waals surface area contributed by atoms with Gasteiger partial charge < -0.3 is 14.4 Å². The molecule has 4 aromatic rings. The Kier molecular flexibility index (Phi) is 3.81. The molecule has 3 aromatic heterocycles. The van der Waals surface area contributed by atoms with Crippen molar-refractivity contribution in [2.75, 3.05) is 36.0 Å². The van der Waals surface area contributed by atoms with E-state index in [1.807, 2.05) is 29.1 Å². The second kappa shape index (κ2) is 6.46. The van der Waals surface area contributed by atoms with Crippen LogP contribution in [0.5, 0.6) is 0 Å². The van der Waals surface area contributed by atoms with Gasteiger partial charge in [0.25, 0.3) is 0 Å². The van der Waals surface area contributed by atoms with Crippen LogP contribution in [0.15, 0.2) is 43.2 Å². The van der Waals surface area contributed by atoms with Crippen molar-refractivity contribution in [2.24, 2.45) is 0 Å². The Morgan fingerprint density at radius 1 is 0.815 bits per heavy atom. The fourth-order valence-electron chi connectivity index (χ4n) is 3.70. The highest BCUT2D eigenvalue weighted by atomic mass is 15.3. The van der Waals surface area contributed by atoms with Gasteiger partial charge in [-0.05, 0) is 19.1 Å². The normalized spacial score (nSPS) is 15.0. The number of nitrogens with zero attached hydrogens (tertiary/aromatic N) is 8. The number of piperazine rings is 1. The molecule has 0 unspecified atom stereocenters. The second-order valence-electron chi connectivity index (χ2n) is 6.59. The number of aryl methyl sites for hydroxylation is 1. The van der Waals surface area contributed by atoms with Gasteiger partial charge in [-0.2, -0.15) is 0 Å². The molecule has 0 saturated carbocycles. The summed E-state index contributed by atoms with van der Waals surface area (Å²) in [4.78, 5) is 27.0. The van der Waals surface area contributed by atoms with Crippen LogP contribution in [-0.4, -0.2) is 55.7 Å². The minimum atomic E-state index is 0.849. The smallest absolute Gasteiger partial charge is 0.165 e. The molecule has 1 aliphatic rings. The molecule has 8 nitrogen and oxygen atoms in total. The quantitative estimate of drug-likeness (QED) is 0.554. The van der Waals surface area contributed by atoms with Gasteiger partial charge in [-0.25, -0.2) is 24.9 Å². The van der Waals surface area contributed by atoms with Crippen LogP contribution < -0.4 is 9.80 Å². The van der Waals surface area contributed by atoms with Gasteiger partial charge >= 0.3 is 0 Å². The van der Waals surface area contributed by atoms with Gasteiger partial charge in [0.05, 0.1) is 11.8 Å². The maximum absolute atomic E-state index is 4.55. The van der Waals surface area contributed by atoms with Crippen LogP contribution in [0, 0.1) is 0 Å². The molecule has 0 N–H and O–H groups in total. The number of anilines is 2. The lowest BCUT2D eigenvalue weighted by atomic mass is 10.2. The summed E-state index contributed by atoms with van der Waals surface area (Å²) in [7, 11) is 0. The van der Waals surface area contributed by atoms with Crippen LogP contribution in [-0.2, 0) is 6.54 Å². The predicted octanol–water partition coefficient (Wildman–Crippen LogP) is 2.12. The number of rotatable bonds is 3. The fourth-order valence-corrected chi connectivity index (χ4v) is 3.70. The topological polar surface area (TPSA) is 75.9 Å². The van der Waals surface area contributed by atoms with Crippen LogP contribution in [0.25, 0.3) is 22.1 Å². The Hall–Kier alpha value is -3.29. The minimum Gasteiger partial charge on any atom is -0.352 e. The molecule has 136 valence electrons. The molecule has 0 spiro atoms. The molecule has 1 saturated heterocycles. The average molecular weight is 360 g/mol. The molecule has 1 aromatic carbocycles. The Morgan fingerprint density at radius 2 is 1.52 bits per heavy atom. The first-order valence-corrected chi connectivity index (χ1v) is 9.20. The van der Waals surface area contributed by atoms with Crippen LogP contribution in [0.2, 0.25) is 0 Å². The maximum Gasteiger partial charge on any atom is 0.165 e. The summed E-state index contributed by atoms with van der Waals surface area (Å²) >= 11 is 0. The molecular weight excluding hydrogens is 340 g/mol. The van der Waals surface area contributed by atoms with Gasteiger partial charge in [0, 0.05) is 38.1 Å². The van der Waals surface area contributed by atoms with Crippen LogP contribution in [0.1, 0.15) is 6.92 Å². The number of hydrogen-bond donors (Lipinski definition) is 0. The molecule has 0 bridgehead atoms. The highest BCUT2D eigenvalue weighted by Gasteiger charge is 2.23. The van der Waals surface area contributed by atoms with Crippen molar-refractivity contribution in [3.8, 4) is 0 Å². The van der Waals surface area contributed by atoms with Gasteiger partial charge in [0.1, 0.15) is 18.5 Å². The van der Waals surface area contributed by atoms with E-state index in [1.165, 1.54) is 0 Å². The summed E-state index contributed by atoms with van der Waals surface area (Å²) < 4.78 is 2.05. The molecule has 0 radical (unpaired) electrons. The Bertz CT molecular complexity index is 1090. The molecule has 0 amide bonds. The van der Waals surface area contributed by atoms with E-state index in [-0.39, 0.29) is 0 Å². The van der Waals surface area contributed by atoms with Crippen LogP contribution in [0.4, 0.5) is 11.6 Å². The number of hydrogen-bond acceptors (Lipinski definition) is 7.